The summed E-state index contributed by atoms with van der Waals surface area (Å²) in [6.07, 6.45) is -0.996. The molecule has 74 valence electrons. The van der Waals surface area contributed by atoms with Gasteiger partial charge in [0.25, 0.3) is 0 Å². The average Bonchev–Trinajstić information content (AvgIpc) is 2.62. The first-order valence-corrected chi connectivity index (χ1v) is 4.88. The fraction of sp³-hybridized carbons (Fsp3) is 0.833. The summed E-state index contributed by atoms with van der Waals surface area (Å²) in [5.74, 6) is -0.314. The molecule has 1 heteroatoms. The minimum Gasteiger partial charge on any atom is -0.293 e. The molecule has 2 rings (SSSR count). The zero-order valence-electron chi connectivity index (χ0n) is 14.4. The first-order chi connectivity index (χ1) is 8.39. The fourth-order valence-corrected chi connectivity index (χ4v) is 2.23. The standard InChI is InChI=1S/C12H21N/c1-10(2)7-12-5-4-6-13(12)9-11(3)8-12/h10H,3-9H2,1-2H3/t12-/m1/s1/i6D2,7D2,9D2. The van der Waals surface area contributed by atoms with E-state index in [9.17, 15) is 0 Å². The Labute approximate surface area is 90.2 Å². The van der Waals surface area contributed by atoms with E-state index in [2.05, 4.69) is 6.58 Å². The molecule has 2 saturated heterocycles. The molecule has 0 N–H and O–H groups in total. The summed E-state index contributed by atoms with van der Waals surface area (Å²) in [6, 6.07) is 0. The molecule has 2 aliphatic heterocycles. The summed E-state index contributed by atoms with van der Waals surface area (Å²) in [5.41, 5.74) is -0.841. The van der Waals surface area contributed by atoms with Crippen molar-refractivity contribution in [2.75, 3.05) is 13.0 Å². The van der Waals surface area contributed by atoms with Crippen LogP contribution in [0.25, 0.3) is 0 Å². The van der Waals surface area contributed by atoms with Crippen molar-refractivity contribution in [2.24, 2.45) is 5.92 Å². The predicted octanol–water partition coefficient (Wildman–Crippen LogP) is 2.83. The molecule has 0 aromatic heterocycles. The van der Waals surface area contributed by atoms with Crippen molar-refractivity contribution in [3.63, 3.8) is 0 Å². The molecule has 0 spiro atoms. The van der Waals surface area contributed by atoms with Gasteiger partial charge in [0.2, 0.25) is 0 Å². The molecule has 1 atom stereocenters. The highest BCUT2D eigenvalue weighted by molar-refractivity contribution is 5.17. The molecule has 0 saturated carbocycles. The summed E-state index contributed by atoms with van der Waals surface area (Å²) < 4.78 is 49.1. The normalized spacial score (nSPS) is 50.2. The van der Waals surface area contributed by atoms with E-state index in [1.807, 2.05) is 0 Å². The largest absolute Gasteiger partial charge is 0.293 e. The molecule has 0 aromatic rings. The molecule has 2 aliphatic rings. The average molecular weight is 185 g/mol. The molecule has 0 aliphatic carbocycles. The minimum absolute atomic E-state index is 0.159. The topological polar surface area (TPSA) is 3.24 Å². The van der Waals surface area contributed by atoms with Crippen LogP contribution in [-0.4, -0.2) is 23.4 Å². The smallest absolute Gasteiger partial charge is 0.0478 e. The summed E-state index contributed by atoms with van der Waals surface area (Å²) in [4.78, 5) is 1.12. The minimum atomic E-state index is -1.98. The van der Waals surface area contributed by atoms with Crippen LogP contribution in [0.4, 0.5) is 0 Å². The Morgan fingerprint density at radius 2 is 2.54 bits per heavy atom. The molecule has 1 nitrogen and oxygen atoms in total. The second-order valence-electron chi connectivity index (χ2n) is 4.22. The molecule has 13 heavy (non-hydrogen) atoms. The number of rotatable bonds is 2. The monoisotopic (exact) mass is 185 g/mol. The van der Waals surface area contributed by atoms with Gasteiger partial charge in [0.1, 0.15) is 0 Å². The first kappa shape index (κ1) is 4.48. The molecule has 0 aromatic carbocycles. The van der Waals surface area contributed by atoms with Crippen LogP contribution < -0.4 is 0 Å². The van der Waals surface area contributed by atoms with Crippen LogP contribution in [0.5, 0.6) is 0 Å². The molecular weight excluding hydrogens is 158 g/mol. The van der Waals surface area contributed by atoms with Gasteiger partial charge in [-0.05, 0) is 38.1 Å². The maximum absolute atomic E-state index is 8.39. The van der Waals surface area contributed by atoms with Crippen molar-refractivity contribution in [1.82, 2.24) is 4.90 Å². The van der Waals surface area contributed by atoms with Crippen LogP contribution in [0.1, 0.15) is 47.7 Å². The Balaban J connectivity index is 2.60. The Bertz CT molecular complexity index is 416. The Morgan fingerprint density at radius 3 is 3.23 bits per heavy atom. The van der Waals surface area contributed by atoms with E-state index >= 15 is 0 Å². The lowest BCUT2D eigenvalue weighted by atomic mass is 9.84. The summed E-state index contributed by atoms with van der Waals surface area (Å²) in [6.45, 7) is 3.43. The van der Waals surface area contributed by atoms with E-state index in [0.717, 1.165) is 4.90 Å². The third-order valence-corrected chi connectivity index (χ3v) is 2.57. The fourth-order valence-electron chi connectivity index (χ4n) is 2.23. The lowest BCUT2D eigenvalue weighted by molar-refractivity contribution is 0.163. The van der Waals surface area contributed by atoms with E-state index in [0.29, 0.717) is 6.42 Å². The zero-order chi connectivity index (χ0) is 14.9. The highest BCUT2D eigenvalue weighted by atomic mass is 15.2. The SMILES string of the molecule is [2H]C1([2H])CC[C@@]2(C([2H])([2H])C(C)C)CC(=C)C([2H])([2H])N12. The van der Waals surface area contributed by atoms with E-state index in [-0.39, 0.29) is 24.3 Å². The van der Waals surface area contributed by atoms with Crippen LogP contribution >= 0.6 is 0 Å². The summed E-state index contributed by atoms with van der Waals surface area (Å²) in [7, 11) is 0. The highest BCUT2D eigenvalue weighted by Crippen LogP contribution is 2.44. The third kappa shape index (κ3) is 1.54. The lowest BCUT2D eigenvalue weighted by Gasteiger charge is -2.33. The van der Waals surface area contributed by atoms with Crippen LogP contribution in [-0.2, 0) is 0 Å². The quantitative estimate of drug-likeness (QED) is 0.598. The van der Waals surface area contributed by atoms with Crippen LogP contribution in [0.15, 0.2) is 12.2 Å². The maximum Gasteiger partial charge on any atom is 0.0478 e. The van der Waals surface area contributed by atoms with Gasteiger partial charge >= 0.3 is 0 Å². The maximum atomic E-state index is 8.39. The van der Waals surface area contributed by atoms with E-state index in [4.69, 9.17) is 8.22 Å². The van der Waals surface area contributed by atoms with E-state index < -0.39 is 24.9 Å². The number of fused-ring (bicyclic) bond motifs is 1. The van der Waals surface area contributed by atoms with Crippen molar-refractivity contribution >= 4 is 0 Å². The summed E-state index contributed by atoms with van der Waals surface area (Å²) >= 11 is 0. The van der Waals surface area contributed by atoms with Crippen molar-refractivity contribution in [3.05, 3.63) is 12.2 Å². The van der Waals surface area contributed by atoms with Crippen molar-refractivity contribution in [2.45, 2.75) is 45.0 Å². The highest BCUT2D eigenvalue weighted by Gasteiger charge is 2.45. The van der Waals surface area contributed by atoms with Gasteiger partial charge < -0.3 is 0 Å². The lowest BCUT2D eigenvalue weighted by Crippen LogP contribution is -2.39. The number of hydrogen-bond acceptors (Lipinski definition) is 1. The van der Waals surface area contributed by atoms with Gasteiger partial charge in [-0.15, -0.1) is 0 Å². The second kappa shape index (κ2) is 3.13. The molecule has 2 heterocycles. The second-order valence-corrected chi connectivity index (χ2v) is 4.22. The number of nitrogens with zero attached hydrogens (tertiary/aromatic N) is 1. The van der Waals surface area contributed by atoms with Gasteiger partial charge in [-0.1, -0.05) is 26.0 Å². The Kier molecular flexibility index (Phi) is 1.08. The van der Waals surface area contributed by atoms with Crippen molar-refractivity contribution < 1.29 is 8.22 Å². The number of hydrogen-bond donors (Lipinski definition) is 0. The summed E-state index contributed by atoms with van der Waals surface area (Å²) in [5, 5.41) is 0. The first-order valence-electron chi connectivity index (χ1n) is 7.88. The van der Waals surface area contributed by atoms with Gasteiger partial charge in [-0.2, -0.15) is 0 Å². The van der Waals surface area contributed by atoms with Gasteiger partial charge in [-0.25, -0.2) is 0 Å². The van der Waals surface area contributed by atoms with Gasteiger partial charge in [0.15, 0.2) is 0 Å². The third-order valence-electron chi connectivity index (χ3n) is 2.57. The molecule has 0 amide bonds. The Hall–Kier alpha value is -0.300. The predicted molar refractivity (Wildman–Crippen MR) is 56.8 cm³/mol. The van der Waals surface area contributed by atoms with Crippen LogP contribution in [0.3, 0.4) is 0 Å². The molecule has 0 unspecified atom stereocenters. The van der Waals surface area contributed by atoms with Gasteiger partial charge in [0.05, 0.1) is 0 Å². The van der Waals surface area contributed by atoms with Gasteiger partial charge in [0, 0.05) is 20.3 Å². The molecule has 0 radical (unpaired) electrons. The molecular formula is C12H21N. The van der Waals surface area contributed by atoms with Crippen molar-refractivity contribution in [1.29, 1.82) is 0 Å². The van der Waals surface area contributed by atoms with Crippen LogP contribution in [0, 0.1) is 5.92 Å². The zero-order valence-corrected chi connectivity index (χ0v) is 8.35. The molecule has 0 bridgehead atoms. The Morgan fingerprint density at radius 1 is 1.77 bits per heavy atom. The van der Waals surface area contributed by atoms with E-state index in [1.54, 1.807) is 13.8 Å². The van der Waals surface area contributed by atoms with Crippen LogP contribution in [0.2, 0.25) is 0 Å². The van der Waals surface area contributed by atoms with Gasteiger partial charge in [-0.3, -0.25) is 4.90 Å². The molecule has 2 fully saturated rings. The van der Waals surface area contributed by atoms with E-state index in [1.165, 1.54) is 0 Å². The van der Waals surface area contributed by atoms with Crippen molar-refractivity contribution in [3.8, 4) is 0 Å².